The van der Waals surface area contributed by atoms with Gasteiger partial charge in [0.15, 0.2) is 5.60 Å². The molecule has 1 fully saturated rings. The van der Waals surface area contributed by atoms with Crippen LogP contribution in [0.2, 0.25) is 0 Å². The zero-order valence-electron chi connectivity index (χ0n) is 21.7. The van der Waals surface area contributed by atoms with Crippen LogP contribution in [0.4, 0.5) is 13.6 Å². The van der Waals surface area contributed by atoms with Gasteiger partial charge in [0.1, 0.15) is 23.9 Å². The molecule has 9 heteroatoms. The molecule has 1 saturated heterocycles. The number of hydrogen-bond acceptors (Lipinski definition) is 5. The van der Waals surface area contributed by atoms with E-state index in [9.17, 15) is 18.7 Å². The van der Waals surface area contributed by atoms with Crippen molar-refractivity contribution >= 4 is 6.03 Å². The number of ether oxygens (including phenoxy) is 1. The second-order valence-electron chi connectivity index (χ2n) is 9.74. The van der Waals surface area contributed by atoms with Crippen LogP contribution < -0.4 is 0 Å². The molecule has 2 heterocycles. The van der Waals surface area contributed by atoms with E-state index in [1.54, 1.807) is 4.90 Å². The maximum Gasteiger partial charge on any atom is 0.362 e. The van der Waals surface area contributed by atoms with Crippen LogP contribution in [0.5, 0.6) is 0 Å². The van der Waals surface area contributed by atoms with Crippen molar-refractivity contribution in [1.29, 1.82) is 0 Å². The number of aliphatic hydroxyl groups is 1. The third-order valence-corrected chi connectivity index (χ3v) is 7.18. The average Bonchev–Trinajstić information content (AvgIpc) is 3.48. The Morgan fingerprint density at radius 2 is 1.62 bits per heavy atom. The highest BCUT2D eigenvalue weighted by atomic mass is 19.1. The molecule has 0 saturated carbocycles. The van der Waals surface area contributed by atoms with E-state index in [1.807, 2.05) is 30.3 Å². The quantitative estimate of drug-likeness (QED) is 0.347. The fourth-order valence-corrected chi connectivity index (χ4v) is 5.11. The lowest BCUT2D eigenvalue weighted by molar-refractivity contribution is 0.00731. The lowest BCUT2D eigenvalue weighted by Crippen LogP contribution is -2.52. The van der Waals surface area contributed by atoms with Crippen LogP contribution in [0.15, 0.2) is 85.1 Å². The summed E-state index contributed by atoms with van der Waals surface area (Å²) in [5, 5.41) is 20.6. The number of carbonyl (C=O) groups excluding carboxylic acids is 1. The number of rotatable bonds is 7. The lowest BCUT2D eigenvalue weighted by Gasteiger charge is -2.39. The molecule has 204 valence electrons. The van der Waals surface area contributed by atoms with Crippen molar-refractivity contribution in [3.05, 3.63) is 119 Å². The molecule has 1 aliphatic heterocycles. The summed E-state index contributed by atoms with van der Waals surface area (Å²) in [5.41, 5.74) is -0.255. The number of benzene rings is 3. The van der Waals surface area contributed by atoms with Crippen molar-refractivity contribution in [3.63, 3.8) is 0 Å². The summed E-state index contributed by atoms with van der Waals surface area (Å²) in [6.07, 6.45) is 8.49. The zero-order valence-corrected chi connectivity index (χ0v) is 21.7. The minimum Gasteiger partial charge on any atom is -0.374 e. The average molecular weight is 543 g/mol. The molecule has 40 heavy (non-hydrogen) atoms. The van der Waals surface area contributed by atoms with Crippen molar-refractivity contribution in [2.75, 3.05) is 13.2 Å². The van der Waals surface area contributed by atoms with Gasteiger partial charge in [0.25, 0.3) is 0 Å². The second kappa shape index (κ2) is 11.8. The van der Waals surface area contributed by atoms with E-state index >= 15 is 0 Å². The van der Waals surface area contributed by atoms with Gasteiger partial charge in [0, 0.05) is 12.6 Å². The maximum atomic E-state index is 13.8. The molecule has 4 aromatic rings. The molecule has 0 bridgehead atoms. The summed E-state index contributed by atoms with van der Waals surface area (Å²) in [7, 11) is 0. The molecule has 3 aromatic carbocycles. The van der Waals surface area contributed by atoms with E-state index in [0.717, 1.165) is 16.8 Å². The van der Waals surface area contributed by atoms with Crippen molar-refractivity contribution in [2.45, 2.75) is 37.0 Å². The first-order valence-corrected chi connectivity index (χ1v) is 13.0. The molecule has 1 N–H and O–H groups in total. The Kier molecular flexibility index (Phi) is 8.01. The first kappa shape index (κ1) is 27.2. The minimum absolute atomic E-state index is 0.0239. The summed E-state index contributed by atoms with van der Waals surface area (Å²) >= 11 is 0. The van der Waals surface area contributed by atoms with E-state index in [0.29, 0.717) is 19.4 Å². The molecular formula is C31H28F2N4O3. The normalized spacial score (nSPS) is 17.4. The Morgan fingerprint density at radius 3 is 2.23 bits per heavy atom. The monoisotopic (exact) mass is 542 g/mol. The number of piperidine rings is 1. The third-order valence-electron chi connectivity index (χ3n) is 7.18. The number of hydrogen-bond donors (Lipinski definition) is 1. The van der Waals surface area contributed by atoms with Gasteiger partial charge >= 0.3 is 6.03 Å². The Hall–Kier alpha value is -4.39. The Balaban J connectivity index is 1.48. The van der Waals surface area contributed by atoms with Gasteiger partial charge in [-0.25, -0.2) is 13.6 Å². The lowest BCUT2D eigenvalue weighted by atomic mass is 9.84. The molecule has 1 amide bonds. The van der Waals surface area contributed by atoms with Crippen molar-refractivity contribution in [1.82, 2.24) is 19.9 Å². The van der Waals surface area contributed by atoms with E-state index < -0.39 is 23.3 Å². The minimum atomic E-state index is -1.93. The fourth-order valence-electron chi connectivity index (χ4n) is 5.11. The number of carbonyl (C=O) groups is 1. The van der Waals surface area contributed by atoms with Gasteiger partial charge < -0.3 is 14.7 Å². The molecule has 1 aliphatic rings. The zero-order chi connectivity index (χ0) is 28.1. The molecule has 0 radical (unpaired) electrons. The summed E-state index contributed by atoms with van der Waals surface area (Å²) in [6, 6.07) is 19.7. The van der Waals surface area contributed by atoms with E-state index in [1.165, 1.54) is 54.7 Å². The van der Waals surface area contributed by atoms with E-state index in [2.05, 4.69) is 16.1 Å². The molecule has 2 unspecified atom stereocenters. The molecule has 2 atom stereocenters. The van der Waals surface area contributed by atoms with Gasteiger partial charge in [-0.05, 0) is 60.2 Å². The molecular weight excluding hydrogens is 514 g/mol. The van der Waals surface area contributed by atoms with Gasteiger partial charge in [-0.3, -0.25) is 0 Å². The maximum absolute atomic E-state index is 13.8. The first-order valence-electron chi connectivity index (χ1n) is 13.0. The Morgan fingerprint density at radius 1 is 1.00 bits per heavy atom. The van der Waals surface area contributed by atoms with Crippen LogP contribution in [0, 0.1) is 24.0 Å². The molecule has 7 nitrogen and oxygen atoms in total. The highest BCUT2D eigenvalue weighted by Crippen LogP contribution is 2.35. The van der Waals surface area contributed by atoms with Crippen LogP contribution in [-0.2, 0) is 16.8 Å². The Bertz CT molecular complexity index is 1440. The SMILES string of the molecule is C#CCOC1CCC(Cc2ccccc2)N(C(=O)n2ncc(C(O)(c3ccc(F)cc3)c3ccc(F)cc3)n2)C1. The number of amides is 1. The number of aromatic nitrogens is 3. The number of terminal acetylenes is 1. The molecule has 0 spiro atoms. The van der Waals surface area contributed by atoms with Crippen LogP contribution in [0.3, 0.4) is 0 Å². The van der Waals surface area contributed by atoms with Gasteiger partial charge in [-0.2, -0.15) is 5.10 Å². The molecule has 0 aliphatic carbocycles. The highest BCUT2D eigenvalue weighted by Gasteiger charge is 2.39. The van der Waals surface area contributed by atoms with E-state index in [4.69, 9.17) is 11.2 Å². The van der Waals surface area contributed by atoms with Crippen LogP contribution in [0.1, 0.15) is 35.2 Å². The van der Waals surface area contributed by atoms with Crippen LogP contribution in [-0.4, -0.2) is 56.3 Å². The number of likely N-dealkylation sites (tertiary alicyclic amines) is 1. The van der Waals surface area contributed by atoms with Crippen LogP contribution in [0.25, 0.3) is 0 Å². The first-order chi connectivity index (χ1) is 19.4. The largest absolute Gasteiger partial charge is 0.374 e. The molecule has 5 rings (SSSR count). The molecule has 1 aromatic heterocycles. The summed E-state index contributed by atoms with van der Waals surface area (Å²) in [5.74, 6) is 1.50. The van der Waals surface area contributed by atoms with Crippen molar-refractivity contribution in [2.24, 2.45) is 0 Å². The van der Waals surface area contributed by atoms with Gasteiger partial charge in [-0.1, -0.05) is 65.3 Å². The highest BCUT2D eigenvalue weighted by molar-refractivity contribution is 5.75. The number of halogens is 2. The summed E-state index contributed by atoms with van der Waals surface area (Å²) < 4.78 is 33.2. The predicted octanol–water partition coefficient (Wildman–Crippen LogP) is 4.53. The van der Waals surface area contributed by atoms with Gasteiger partial charge in [-0.15, -0.1) is 11.5 Å². The number of nitrogens with zero attached hydrogens (tertiary/aromatic N) is 4. The third kappa shape index (κ3) is 5.64. The topological polar surface area (TPSA) is 80.5 Å². The fraction of sp³-hybridized carbons (Fsp3) is 0.258. The van der Waals surface area contributed by atoms with Gasteiger partial charge in [0.05, 0.1) is 12.3 Å². The van der Waals surface area contributed by atoms with E-state index in [-0.39, 0.29) is 35.6 Å². The summed E-state index contributed by atoms with van der Waals surface area (Å²) in [6.45, 7) is 0.442. The standard InChI is InChI=1S/C31H28F2N4O3/c1-2-18-40-28-17-16-27(19-22-6-4-3-5-7-22)36(21-28)30(38)37-34-20-29(35-37)31(39,23-8-12-25(32)13-9-23)24-10-14-26(33)15-11-24/h1,3-15,20,27-28,39H,16-19,21H2. The van der Waals surface area contributed by atoms with Crippen LogP contribution >= 0.6 is 0 Å². The smallest absolute Gasteiger partial charge is 0.362 e. The summed E-state index contributed by atoms with van der Waals surface area (Å²) in [4.78, 5) is 16.4. The second-order valence-corrected chi connectivity index (χ2v) is 9.74. The van der Waals surface area contributed by atoms with Crippen molar-refractivity contribution < 1.29 is 23.4 Å². The van der Waals surface area contributed by atoms with Crippen molar-refractivity contribution in [3.8, 4) is 12.3 Å². The van der Waals surface area contributed by atoms with Gasteiger partial charge in [0.2, 0.25) is 0 Å². The Labute approximate surface area is 231 Å². The predicted molar refractivity (Wildman–Crippen MR) is 144 cm³/mol.